The molecule has 1 heterocycles. The molecule has 1 aliphatic rings. The molecule has 4 heteroatoms. The molecule has 128 valence electrons. The van der Waals surface area contributed by atoms with Gasteiger partial charge in [0.05, 0.1) is 11.4 Å². The number of hydrogen-bond acceptors (Lipinski definition) is 3. The fourth-order valence-corrected chi connectivity index (χ4v) is 3.23. The van der Waals surface area contributed by atoms with Gasteiger partial charge in [-0.1, -0.05) is 60.7 Å². The minimum Gasteiger partial charge on any atom is -0.326 e. The Bertz CT molecular complexity index is 962. The average Bonchev–Trinajstić information content (AvgIpc) is 3.03. The fraction of sp³-hybridized carbons (Fsp3) is 0.0909. The van der Waals surface area contributed by atoms with E-state index >= 15 is 0 Å². The zero-order chi connectivity index (χ0) is 17.9. The topological polar surface area (TPSA) is 67.5 Å². The largest absolute Gasteiger partial charge is 0.326 e. The molecule has 3 aromatic carbocycles. The Morgan fingerprint density at radius 2 is 1.62 bits per heavy atom. The Kier molecular flexibility index (Phi) is 4.33. The van der Waals surface area contributed by atoms with Crippen LogP contribution in [0.1, 0.15) is 22.6 Å². The molecule has 0 saturated carbocycles. The van der Waals surface area contributed by atoms with Crippen LogP contribution >= 0.6 is 0 Å². The molecule has 3 N–H and O–H groups in total. The van der Waals surface area contributed by atoms with Gasteiger partial charge in [-0.25, -0.2) is 0 Å². The molecule has 0 aromatic heterocycles. The van der Waals surface area contributed by atoms with E-state index in [9.17, 15) is 4.79 Å². The fourth-order valence-electron chi connectivity index (χ4n) is 3.23. The van der Waals surface area contributed by atoms with Crippen molar-refractivity contribution >= 4 is 23.0 Å². The number of fused-ring (bicyclic) bond motifs is 1. The molecule has 0 saturated heterocycles. The number of carbonyl (C=O) groups excluding carboxylic acids is 1. The summed E-state index contributed by atoms with van der Waals surface area (Å²) in [6.45, 7) is 0.494. The van der Waals surface area contributed by atoms with Crippen molar-refractivity contribution in [1.82, 2.24) is 0 Å². The van der Waals surface area contributed by atoms with Crippen LogP contribution in [0.3, 0.4) is 0 Å². The van der Waals surface area contributed by atoms with Gasteiger partial charge in [0.15, 0.2) is 0 Å². The number of rotatable bonds is 4. The lowest BCUT2D eigenvalue weighted by Crippen LogP contribution is -2.21. The van der Waals surface area contributed by atoms with E-state index in [2.05, 4.69) is 5.32 Å². The summed E-state index contributed by atoms with van der Waals surface area (Å²) in [6, 6.07) is 25.4. The van der Waals surface area contributed by atoms with Gasteiger partial charge in [0, 0.05) is 12.2 Å². The maximum atomic E-state index is 12.7. The third-order valence-electron chi connectivity index (χ3n) is 4.56. The molecule has 4 nitrogen and oxygen atoms in total. The van der Waals surface area contributed by atoms with E-state index < -0.39 is 5.92 Å². The lowest BCUT2D eigenvalue weighted by molar-refractivity contribution is -0.115. The normalized spacial score (nSPS) is 16.3. The lowest BCUT2D eigenvalue weighted by atomic mass is 9.90. The van der Waals surface area contributed by atoms with Crippen molar-refractivity contribution in [2.75, 3.05) is 5.32 Å². The number of carbonyl (C=O) groups is 1. The molecule has 1 atom stereocenters. The Morgan fingerprint density at radius 3 is 2.35 bits per heavy atom. The quantitative estimate of drug-likeness (QED) is 0.704. The minimum atomic E-state index is -0.428. The monoisotopic (exact) mass is 341 g/mol. The predicted molar refractivity (Wildman–Crippen MR) is 105 cm³/mol. The van der Waals surface area contributed by atoms with Crippen molar-refractivity contribution in [2.24, 2.45) is 10.7 Å². The number of nitrogens with zero attached hydrogens (tertiary/aromatic N) is 1. The van der Waals surface area contributed by atoms with E-state index in [1.165, 1.54) is 0 Å². The lowest BCUT2D eigenvalue weighted by Gasteiger charge is -2.14. The van der Waals surface area contributed by atoms with Gasteiger partial charge in [0.1, 0.15) is 5.92 Å². The van der Waals surface area contributed by atoms with Crippen LogP contribution < -0.4 is 11.1 Å². The third kappa shape index (κ3) is 3.03. The van der Waals surface area contributed by atoms with Crippen LogP contribution in [0.4, 0.5) is 11.4 Å². The molecule has 1 unspecified atom stereocenters. The molecule has 4 rings (SSSR count). The molecule has 1 amide bonds. The van der Waals surface area contributed by atoms with Gasteiger partial charge >= 0.3 is 0 Å². The predicted octanol–water partition coefficient (Wildman–Crippen LogP) is 4.00. The first-order valence-electron chi connectivity index (χ1n) is 8.59. The van der Waals surface area contributed by atoms with Gasteiger partial charge in [-0.2, -0.15) is 0 Å². The summed E-state index contributed by atoms with van der Waals surface area (Å²) in [4.78, 5) is 17.6. The van der Waals surface area contributed by atoms with Crippen LogP contribution in [0.2, 0.25) is 0 Å². The van der Waals surface area contributed by atoms with Crippen molar-refractivity contribution in [3.05, 3.63) is 95.6 Å². The minimum absolute atomic E-state index is 0.0487. The van der Waals surface area contributed by atoms with E-state index in [0.29, 0.717) is 6.54 Å². The van der Waals surface area contributed by atoms with E-state index in [1.54, 1.807) is 0 Å². The summed E-state index contributed by atoms with van der Waals surface area (Å²) in [5, 5.41) is 2.97. The standard InChI is InChI=1S/C22H19N3O/c23-14-15-10-12-17(13-11-15)24-21(16-6-2-1-3-7-16)20-18-8-4-5-9-19(18)25-22(20)26/h1-13,20H,14,23H2,(H,25,26). The Labute approximate surface area is 152 Å². The third-order valence-corrected chi connectivity index (χ3v) is 4.56. The highest BCUT2D eigenvalue weighted by Crippen LogP contribution is 2.36. The number of hydrogen-bond donors (Lipinski definition) is 2. The maximum absolute atomic E-state index is 12.7. The number of para-hydroxylation sites is 1. The molecule has 0 radical (unpaired) electrons. The van der Waals surface area contributed by atoms with Crippen LogP contribution in [0, 0.1) is 0 Å². The highest BCUT2D eigenvalue weighted by atomic mass is 16.2. The second-order valence-electron chi connectivity index (χ2n) is 6.24. The van der Waals surface area contributed by atoms with Crippen LogP contribution in [0.25, 0.3) is 0 Å². The van der Waals surface area contributed by atoms with Gasteiger partial charge in [-0.15, -0.1) is 0 Å². The molecule has 3 aromatic rings. The molecule has 0 aliphatic carbocycles. The number of anilines is 1. The second-order valence-corrected chi connectivity index (χ2v) is 6.24. The summed E-state index contributed by atoms with van der Waals surface area (Å²) < 4.78 is 0. The Hall–Kier alpha value is -3.24. The van der Waals surface area contributed by atoms with Crippen LogP contribution in [-0.2, 0) is 11.3 Å². The maximum Gasteiger partial charge on any atom is 0.238 e. The molecule has 26 heavy (non-hydrogen) atoms. The number of benzene rings is 3. The molecule has 0 spiro atoms. The summed E-state index contributed by atoms with van der Waals surface area (Å²) >= 11 is 0. The van der Waals surface area contributed by atoms with Crippen LogP contribution in [-0.4, -0.2) is 11.6 Å². The van der Waals surface area contributed by atoms with Gasteiger partial charge < -0.3 is 11.1 Å². The molecule has 0 bridgehead atoms. The Morgan fingerprint density at radius 1 is 0.923 bits per heavy atom. The Balaban J connectivity index is 1.84. The molecular weight excluding hydrogens is 322 g/mol. The molecule has 0 fully saturated rings. The summed E-state index contributed by atoms with van der Waals surface area (Å²) in [7, 11) is 0. The first-order chi connectivity index (χ1) is 12.8. The summed E-state index contributed by atoms with van der Waals surface area (Å²) in [6.07, 6.45) is 0. The van der Waals surface area contributed by atoms with Gasteiger partial charge in [0.2, 0.25) is 5.91 Å². The summed E-state index contributed by atoms with van der Waals surface area (Å²) in [5.41, 5.74) is 11.0. The highest BCUT2D eigenvalue weighted by Gasteiger charge is 2.35. The smallest absolute Gasteiger partial charge is 0.238 e. The summed E-state index contributed by atoms with van der Waals surface area (Å²) in [5.74, 6) is -0.477. The molecule has 1 aliphatic heterocycles. The van der Waals surface area contributed by atoms with Crippen molar-refractivity contribution < 1.29 is 4.79 Å². The first kappa shape index (κ1) is 16.2. The van der Waals surface area contributed by atoms with E-state index in [4.69, 9.17) is 10.7 Å². The number of nitrogens with two attached hydrogens (primary N) is 1. The number of aliphatic imine (C=N–C) groups is 1. The van der Waals surface area contributed by atoms with E-state index in [-0.39, 0.29) is 5.91 Å². The zero-order valence-electron chi connectivity index (χ0n) is 14.2. The van der Waals surface area contributed by atoms with Gasteiger partial charge in [-0.05, 0) is 34.9 Å². The number of amides is 1. The van der Waals surface area contributed by atoms with Gasteiger partial charge in [0.25, 0.3) is 0 Å². The number of nitrogens with one attached hydrogen (secondary N) is 1. The van der Waals surface area contributed by atoms with Crippen molar-refractivity contribution in [1.29, 1.82) is 0 Å². The van der Waals surface area contributed by atoms with E-state index in [0.717, 1.165) is 33.8 Å². The second kappa shape index (κ2) is 6.94. The van der Waals surface area contributed by atoms with E-state index in [1.807, 2.05) is 78.9 Å². The first-order valence-corrected chi connectivity index (χ1v) is 8.59. The average molecular weight is 341 g/mol. The highest BCUT2D eigenvalue weighted by molar-refractivity contribution is 6.24. The SMILES string of the molecule is NCc1ccc(N=C(c2ccccc2)C2C(=O)Nc3ccccc32)cc1. The van der Waals surface area contributed by atoms with Crippen LogP contribution in [0.15, 0.2) is 83.9 Å². The van der Waals surface area contributed by atoms with Crippen LogP contribution in [0.5, 0.6) is 0 Å². The van der Waals surface area contributed by atoms with Crippen molar-refractivity contribution in [3.63, 3.8) is 0 Å². The van der Waals surface area contributed by atoms with Crippen molar-refractivity contribution in [2.45, 2.75) is 12.5 Å². The van der Waals surface area contributed by atoms with Crippen molar-refractivity contribution in [3.8, 4) is 0 Å². The molecular formula is C22H19N3O. The zero-order valence-corrected chi connectivity index (χ0v) is 14.2. The van der Waals surface area contributed by atoms with Gasteiger partial charge in [-0.3, -0.25) is 9.79 Å².